The van der Waals surface area contributed by atoms with Crippen LogP contribution in [-0.2, 0) is 0 Å². The number of hydrogen-bond donors (Lipinski definition) is 2. The molecule has 2 atom stereocenters. The molecule has 0 spiro atoms. The fourth-order valence-corrected chi connectivity index (χ4v) is 3.28. The Hall–Kier alpha value is -1.03. The van der Waals surface area contributed by atoms with Crippen molar-refractivity contribution in [3.8, 4) is 0 Å². The summed E-state index contributed by atoms with van der Waals surface area (Å²) >= 11 is 1.73. The molecular weight excluding hydrogens is 218 g/mol. The first-order valence-corrected chi connectivity index (χ1v) is 6.91. The summed E-state index contributed by atoms with van der Waals surface area (Å²) in [6, 6.07) is 1.09. The molecule has 2 aliphatic rings. The van der Waals surface area contributed by atoms with Crippen LogP contribution in [0, 0.1) is 6.92 Å². The van der Waals surface area contributed by atoms with Crippen molar-refractivity contribution in [2.45, 2.75) is 44.7 Å². The summed E-state index contributed by atoms with van der Waals surface area (Å²) in [4.78, 5) is 4.73. The maximum absolute atomic E-state index is 4.73. The third-order valence-corrected chi connectivity index (χ3v) is 4.32. The van der Waals surface area contributed by atoms with E-state index in [4.69, 9.17) is 4.99 Å². The monoisotopic (exact) mass is 235 g/mol. The minimum Gasteiger partial charge on any atom is -0.351 e. The standard InChI is InChI=1S/C12H17N3S/c1-8-6-16-7-11(8)15-12-13-9-4-2-3-5-10(9)14-12/h6-7,9-10H,2-5H2,1H3,(H2,13,14,15)/t9-,10-/m0/s1. The molecule has 1 saturated carbocycles. The molecule has 1 fully saturated rings. The van der Waals surface area contributed by atoms with E-state index in [2.05, 4.69) is 28.3 Å². The van der Waals surface area contributed by atoms with Crippen LogP contribution in [0.25, 0.3) is 0 Å². The molecule has 1 aromatic rings. The predicted octanol–water partition coefficient (Wildman–Crippen LogP) is 2.74. The molecular formula is C12H17N3S. The van der Waals surface area contributed by atoms with Gasteiger partial charge in [0.1, 0.15) is 0 Å². The van der Waals surface area contributed by atoms with Crippen molar-refractivity contribution in [1.82, 2.24) is 5.32 Å². The van der Waals surface area contributed by atoms with Gasteiger partial charge in [-0.25, -0.2) is 4.99 Å². The zero-order chi connectivity index (χ0) is 11.0. The molecule has 86 valence electrons. The molecule has 2 N–H and O–H groups in total. The number of rotatable bonds is 1. The van der Waals surface area contributed by atoms with Crippen molar-refractivity contribution in [3.63, 3.8) is 0 Å². The lowest BCUT2D eigenvalue weighted by Crippen LogP contribution is -2.38. The van der Waals surface area contributed by atoms with Crippen LogP contribution in [0.5, 0.6) is 0 Å². The maximum Gasteiger partial charge on any atom is 0.196 e. The summed E-state index contributed by atoms with van der Waals surface area (Å²) in [5.74, 6) is 0.971. The van der Waals surface area contributed by atoms with Gasteiger partial charge in [-0.3, -0.25) is 0 Å². The van der Waals surface area contributed by atoms with E-state index in [1.807, 2.05) is 0 Å². The van der Waals surface area contributed by atoms with Crippen molar-refractivity contribution >= 4 is 23.0 Å². The van der Waals surface area contributed by atoms with Gasteiger partial charge < -0.3 is 10.6 Å². The second kappa shape index (κ2) is 4.09. The number of thiophene rings is 1. The first-order valence-electron chi connectivity index (χ1n) is 5.97. The highest BCUT2D eigenvalue weighted by atomic mass is 32.1. The van der Waals surface area contributed by atoms with Crippen molar-refractivity contribution < 1.29 is 0 Å². The van der Waals surface area contributed by atoms with Crippen molar-refractivity contribution in [3.05, 3.63) is 16.3 Å². The Labute approximate surface area is 100.0 Å². The van der Waals surface area contributed by atoms with Crippen LogP contribution < -0.4 is 10.6 Å². The molecule has 0 bridgehead atoms. The highest BCUT2D eigenvalue weighted by Crippen LogP contribution is 2.26. The van der Waals surface area contributed by atoms with Gasteiger partial charge in [-0.15, -0.1) is 11.3 Å². The van der Waals surface area contributed by atoms with Crippen molar-refractivity contribution in [1.29, 1.82) is 0 Å². The minimum atomic E-state index is 0.509. The van der Waals surface area contributed by atoms with Gasteiger partial charge in [-0.05, 0) is 30.7 Å². The molecule has 1 aliphatic heterocycles. The average Bonchev–Trinajstić information content (AvgIpc) is 2.85. The Morgan fingerprint density at radius 2 is 2.25 bits per heavy atom. The molecule has 1 aromatic heterocycles. The van der Waals surface area contributed by atoms with Gasteiger partial charge in [-0.1, -0.05) is 12.8 Å². The zero-order valence-electron chi connectivity index (χ0n) is 9.49. The lowest BCUT2D eigenvalue weighted by molar-refractivity contribution is 0.384. The number of guanidine groups is 1. The van der Waals surface area contributed by atoms with Gasteiger partial charge in [0.15, 0.2) is 5.96 Å². The Morgan fingerprint density at radius 3 is 3.00 bits per heavy atom. The van der Waals surface area contributed by atoms with Crippen molar-refractivity contribution in [2.24, 2.45) is 4.99 Å². The summed E-state index contributed by atoms with van der Waals surface area (Å²) in [6.07, 6.45) is 5.18. The van der Waals surface area contributed by atoms with E-state index in [9.17, 15) is 0 Å². The second-order valence-electron chi connectivity index (χ2n) is 4.67. The van der Waals surface area contributed by atoms with Crippen LogP contribution in [-0.4, -0.2) is 18.0 Å². The van der Waals surface area contributed by atoms with E-state index >= 15 is 0 Å². The number of hydrogen-bond acceptors (Lipinski definition) is 4. The van der Waals surface area contributed by atoms with Crippen LogP contribution in [0.15, 0.2) is 15.8 Å². The Bertz CT molecular complexity index is 410. The summed E-state index contributed by atoms with van der Waals surface area (Å²) in [7, 11) is 0. The molecule has 0 unspecified atom stereocenters. The Morgan fingerprint density at radius 1 is 1.38 bits per heavy atom. The van der Waals surface area contributed by atoms with Crippen LogP contribution in [0.1, 0.15) is 31.2 Å². The van der Waals surface area contributed by atoms with E-state index in [1.54, 1.807) is 11.3 Å². The van der Waals surface area contributed by atoms with Crippen LogP contribution in [0.4, 0.5) is 5.69 Å². The maximum atomic E-state index is 4.73. The molecule has 2 heterocycles. The highest BCUT2D eigenvalue weighted by molar-refractivity contribution is 7.08. The molecule has 0 saturated heterocycles. The fraction of sp³-hybridized carbons (Fsp3) is 0.583. The average molecular weight is 235 g/mol. The molecule has 16 heavy (non-hydrogen) atoms. The van der Waals surface area contributed by atoms with Crippen LogP contribution in [0.3, 0.4) is 0 Å². The number of fused-ring (bicyclic) bond motifs is 1. The molecule has 3 rings (SSSR count). The molecule has 0 amide bonds. The predicted molar refractivity (Wildman–Crippen MR) is 69.3 cm³/mol. The van der Waals surface area contributed by atoms with Crippen molar-refractivity contribution in [2.75, 3.05) is 5.32 Å². The van der Waals surface area contributed by atoms with Crippen LogP contribution >= 0.6 is 11.3 Å². The topological polar surface area (TPSA) is 36.4 Å². The highest BCUT2D eigenvalue weighted by Gasteiger charge is 2.30. The van der Waals surface area contributed by atoms with Gasteiger partial charge in [0.05, 0.1) is 17.8 Å². The number of aliphatic imine (C=N–C) groups is 1. The van der Waals surface area contributed by atoms with E-state index in [0.717, 1.165) is 5.96 Å². The van der Waals surface area contributed by atoms with E-state index in [0.29, 0.717) is 12.1 Å². The summed E-state index contributed by atoms with van der Waals surface area (Å²) in [6.45, 7) is 2.13. The number of aryl methyl sites for hydroxylation is 1. The molecule has 4 heteroatoms. The number of nitrogens with one attached hydrogen (secondary N) is 2. The number of nitrogens with zero attached hydrogens (tertiary/aromatic N) is 1. The quantitative estimate of drug-likeness (QED) is 0.785. The van der Waals surface area contributed by atoms with E-state index in [-0.39, 0.29) is 0 Å². The largest absolute Gasteiger partial charge is 0.351 e. The van der Waals surface area contributed by atoms with Gasteiger partial charge in [0.2, 0.25) is 0 Å². The van der Waals surface area contributed by atoms with Gasteiger partial charge in [0.25, 0.3) is 0 Å². The smallest absolute Gasteiger partial charge is 0.196 e. The zero-order valence-corrected chi connectivity index (χ0v) is 10.3. The Balaban J connectivity index is 1.71. The minimum absolute atomic E-state index is 0.509. The second-order valence-corrected chi connectivity index (χ2v) is 5.42. The first kappa shape index (κ1) is 10.1. The third kappa shape index (κ3) is 1.82. The summed E-state index contributed by atoms with van der Waals surface area (Å²) in [5.41, 5.74) is 2.49. The van der Waals surface area contributed by atoms with Gasteiger partial charge in [-0.2, -0.15) is 0 Å². The lowest BCUT2D eigenvalue weighted by atomic mass is 9.92. The first-order chi connectivity index (χ1) is 7.83. The summed E-state index contributed by atoms with van der Waals surface area (Å²) in [5, 5.41) is 11.2. The molecule has 1 aliphatic carbocycles. The number of anilines is 1. The van der Waals surface area contributed by atoms with Crippen LogP contribution in [0.2, 0.25) is 0 Å². The third-order valence-electron chi connectivity index (χ3n) is 3.46. The lowest BCUT2D eigenvalue weighted by Gasteiger charge is -2.23. The normalized spacial score (nSPS) is 28.2. The van der Waals surface area contributed by atoms with Gasteiger partial charge >= 0.3 is 0 Å². The fourth-order valence-electron chi connectivity index (χ4n) is 2.50. The molecule has 0 radical (unpaired) electrons. The van der Waals surface area contributed by atoms with E-state index < -0.39 is 0 Å². The SMILES string of the molecule is Cc1cscc1NC1=N[C@H]2CCCC[C@@H]2N1. The Kier molecular flexibility index (Phi) is 2.59. The molecule has 3 nitrogen and oxygen atoms in total. The molecule has 0 aromatic carbocycles. The summed E-state index contributed by atoms with van der Waals surface area (Å²) < 4.78 is 0. The van der Waals surface area contributed by atoms with E-state index in [1.165, 1.54) is 36.9 Å². The van der Waals surface area contributed by atoms with Gasteiger partial charge in [0, 0.05) is 5.38 Å².